The zero-order valence-corrected chi connectivity index (χ0v) is 10.8. The summed E-state index contributed by atoms with van der Waals surface area (Å²) in [6, 6.07) is 2.13. The molecule has 0 radical (unpaired) electrons. The van der Waals surface area contributed by atoms with Gasteiger partial charge in [0.25, 0.3) is 0 Å². The summed E-state index contributed by atoms with van der Waals surface area (Å²) in [5.41, 5.74) is 0.134. The van der Waals surface area contributed by atoms with Crippen molar-refractivity contribution >= 4 is 11.5 Å². The minimum atomic E-state index is -0.592. The molecule has 3 nitrogen and oxygen atoms in total. The second-order valence-corrected chi connectivity index (χ2v) is 4.83. The highest BCUT2D eigenvalue weighted by molar-refractivity contribution is 5.79. The standard InChI is InChI=1S/C14H17F2NO2/c1-19-14-7-11(15)13(6-12(14)16)17-8-9-2-4-10(18)5-3-9/h6-7,9,17H,2-5,8H2,1H3. The van der Waals surface area contributed by atoms with Crippen molar-refractivity contribution in [3.05, 3.63) is 23.8 Å². The van der Waals surface area contributed by atoms with E-state index in [-0.39, 0.29) is 17.2 Å². The van der Waals surface area contributed by atoms with E-state index in [4.69, 9.17) is 4.74 Å². The number of methoxy groups -OCH3 is 1. The van der Waals surface area contributed by atoms with Gasteiger partial charge in [0.2, 0.25) is 0 Å². The molecule has 1 fully saturated rings. The van der Waals surface area contributed by atoms with Crippen molar-refractivity contribution in [2.75, 3.05) is 19.0 Å². The van der Waals surface area contributed by atoms with Crippen LogP contribution in [-0.2, 0) is 4.79 Å². The van der Waals surface area contributed by atoms with Gasteiger partial charge in [-0.3, -0.25) is 4.79 Å². The minimum Gasteiger partial charge on any atom is -0.494 e. The van der Waals surface area contributed by atoms with Gasteiger partial charge in [0, 0.05) is 31.5 Å². The Morgan fingerprint density at radius 1 is 1.26 bits per heavy atom. The molecule has 19 heavy (non-hydrogen) atoms. The molecule has 0 aromatic heterocycles. The van der Waals surface area contributed by atoms with Gasteiger partial charge in [-0.15, -0.1) is 0 Å². The van der Waals surface area contributed by atoms with Crippen LogP contribution in [0.5, 0.6) is 5.75 Å². The van der Waals surface area contributed by atoms with E-state index in [2.05, 4.69) is 5.32 Å². The van der Waals surface area contributed by atoms with Crippen LogP contribution in [0.2, 0.25) is 0 Å². The second kappa shape index (κ2) is 5.99. The number of benzene rings is 1. The molecule has 5 heteroatoms. The number of ketones is 1. The lowest BCUT2D eigenvalue weighted by Crippen LogP contribution is -2.21. The summed E-state index contributed by atoms with van der Waals surface area (Å²) in [4.78, 5) is 11.1. The summed E-state index contributed by atoms with van der Waals surface area (Å²) < 4.78 is 31.8. The predicted molar refractivity (Wildman–Crippen MR) is 68.4 cm³/mol. The largest absolute Gasteiger partial charge is 0.494 e. The van der Waals surface area contributed by atoms with Gasteiger partial charge in [-0.2, -0.15) is 0 Å². The van der Waals surface area contributed by atoms with Gasteiger partial charge in [-0.1, -0.05) is 0 Å². The Morgan fingerprint density at radius 2 is 1.95 bits per heavy atom. The summed E-state index contributed by atoms with van der Waals surface area (Å²) >= 11 is 0. The van der Waals surface area contributed by atoms with Gasteiger partial charge >= 0.3 is 0 Å². The third-order valence-corrected chi connectivity index (χ3v) is 3.49. The first-order valence-electron chi connectivity index (χ1n) is 6.38. The van der Waals surface area contributed by atoms with Crippen LogP contribution in [-0.4, -0.2) is 19.4 Å². The molecule has 2 rings (SSSR count). The Hall–Kier alpha value is -1.65. The molecule has 0 aliphatic heterocycles. The van der Waals surface area contributed by atoms with Gasteiger partial charge in [0.1, 0.15) is 11.6 Å². The van der Waals surface area contributed by atoms with Crippen LogP contribution >= 0.6 is 0 Å². The molecule has 104 valence electrons. The molecule has 1 saturated carbocycles. The Balaban J connectivity index is 1.96. The number of Topliss-reactive ketones (excluding diaryl/α,β-unsaturated/α-hetero) is 1. The Bertz CT molecular complexity index is 467. The number of rotatable bonds is 4. The Morgan fingerprint density at radius 3 is 2.58 bits per heavy atom. The van der Waals surface area contributed by atoms with Crippen molar-refractivity contribution in [3.8, 4) is 5.75 Å². The highest BCUT2D eigenvalue weighted by atomic mass is 19.1. The van der Waals surface area contributed by atoms with E-state index >= 15 is 0 Å². The molecule has 0 amide bonds. The first kappa shape index (κ1) is 13.8. The maximum atomic E-state index is 13.7. The number of carbonyl (C=O) groups is 1. The number of anilines is 1. The average molecular weight is 269 g/mol. The fourth-order valence-corrected chi connectivity index (χ4v) is 2.28. The van der Waals surface area contributed by atoms with Crippen LogP contribution in [0.25, 0.3) is 0 Å². The topological polar surface area (TPSA) is 38.3 Å². The molecule has 0 spiro atoms. The van der Waals surface area contributed by atoms with E-state index < -0.39 is 11.6 Å². The molecule has 1 aliphatic rings. The van der Waals surface area contributed by atoms with Crippen LogP contribution in [0.1, 0.15) is 25.7 Å². The number of hydrogen-bond acceptors (Lipinski definition) is 3. The maximum absolute atomic E-state index is 13.7. The summed E-state index contributed by atoms with van der Waals surface area (Å²) in [7, 11) is 1.30. The quantitative estimate of drug-likeness (QED) is 0.912. The van der Waals surface area contributed by atoms with E-state index in [1.807, 2.05) is 0 Å². The maximum Gasteiger partial charge on any atom is 0.167 e. The van der Waals surface area contributed by atoms with Crippen LogP contribution in [0, 0.1) is 17.6 Å². The van der Waals surface area contributed by atoms with Crippen molar-refractivity contribution in [3.63, 3.8) is 0 Å². The molecule has 0 atom stereocenters. The molecule has 1 aromatic carbocycles. The van der Waals surface area contributed by atoms with Gasteiger partial charge in [0.15, 0.2) is 11.6 Å². The zero-order valence-electron chi connectivity index (χ0n) is 10.8. The van der Waals surface area contributed by atoms with E-state index in [1.54, 1.807) is 0 Å². The van der Waals surface area contributed by atoms with Gasteiger partial charge in [-0.25, -0.2) is 8.78 Å². The van der Waals surface area contributed by atoms with Crippen LogP contribution in [0.4, 0.5) is 14.5 Å². The summed E-state index contributed by atoms with van der Waals surface area (Å²) in [6.45, 7) is 0.552. The summed E-state index contributed by atoms with van der Waals surface area (Å²) in [5, 5.41) is 2.91. The van der Waals surface area contributed by atoms with Crippen molar-refractivity contribution < 1.29 is 18.3 Å². The van der Waals surface area contributed by atoms with E-state index in [1.165, 1.54) is 7.11 Å². The normalized spacial score (nSPS) is 16.5. The lowest BCUT2D eigenvalue weighted by Gasteiger charge is -2.22. The predicted octanol–water partition coefficient (Wildman–Crippen LogP) is 3.14. The SMILES string of the molecule is COc1cc(F)c(NCC2CCC(=O)CC2)cc1F. The van der Waals surface area contributed by atoms with E-state index in [0.29, 0.717) is 25.3 Å². The Labute approximate surface area is 111 Å². The summed E-state index contributed by atoms with van der Waals surface area (Å²) in [5.74, 6) is -0.609. The molecule has 1 N–H and O–H groups in total. The minimum absolute atomic E-state index is 0.105. The summed E-state index contributed by atoms with van der Waals surface area (Å²) in [6.07, 6.45) is 2.80. The van der Waals surface area contributed by atoms with Gasteiger partial charge in [0.05, 0.1) is 12.8 Å². The van der Waals surface area contributed by atoms with E-state index in [9.17, 15) is 13.6 Å². The van der Waals surface area contributed by atoms with Crippen molar-refractivity contribution in [2.45, 2.75) is 25.7 Å². The highest BCUT2D eigenvalue weighted by Gasteiger charge is 2.19. The van der Waals surface area contributed by atoms with Crippen molar-refractivity contribution in [1.82, 2.24) is 0 Å². The molecule has 0 saturated heterocycles. The molecular weight excluding hydrogens is 252 g/mol. The number of ether oxygens (including phenoxy) is 1. The van der Waals surface area contributed by atoms with Crippen molar-refractivity contribution in [2.24, 2.45) is 5.92 Å². The monoisotopic (exact) mass is 269 g/mol. The molecule has 0 bridgehead atoms. The first-order valence-corrected chi connectivity index (χ1v) is 6.38. The number of carbonyl (C=O) groups excluding carboxylic acids is 1. The first-order chi connectivity index (χ1) is 9.10. The number of nitrogens with one attached hydrogen (secondary N) is 1. The lowest BCUT2D eigenvalue weighted by atomic mass is 9.88. The highest BCUT2D eigenvalue weighted by Crippen LogP contribution is 2.26. The third kappa shape index (κ3) is 3.43. The molecule has 1 aromatic rings. The van der Waals surface area contributed by atoms with E-state index in [0.717, 1.165) is 25.0 Å². The average Bonchev–Trinajstić information content (AvgIpc) is 2.41. The number of halogens is 2. The van der Waals surface area contributed by atoms with Crippen molar-refractivity contribution in [1.29, 1.82) is 0 Å². The fourth-order valence-electron chi connectivity index (χ4n) is 2.28. The third-order valence-electron chi connectivity index (χ3n) is 3.49. The molecular formula is C14H17F2NO2. The van der Waals surface area contributed by atoms with Gasteiger partial charge < -0.3 is 10.1 Å². The smallest absolute Gasteiger partial charge is 0.167 e. The number of hydrogen-bond donors (Lipinski definition) is 1. The lowest BCUT2D eigenvalue weighted by molar-refractivity contribution is -0.120. The van der Waals surface area contributed by atoms with Crippen LogP contribution in [0.3, 0.4) is 0 Å². The second-order valence-electron chi connectivity index (χ2n) is 4.83. The zero-order chi connectivity index (χ0) is 13.8. The molecule has 0 unspecified atom stereocenters. The van der Waals surface area contributed by atoms with Gasteiger partial charge in [-0.05, 0) is 18.8 Å². The van der Waals surface area contributed by atoms with Crippen LogP contribution in [0.15, 0.2) is 12.1 Å². The molecule has 1 aliphatic carbocycles. The Kier molecular flexibility index (Phi) is 4.35. The molecule has 0 heterocycles. The fraction of sp³-hybridized carbons (Fsp3) is 0.500. The van der Waals surface area contributed by atoms with Crippen LogP contribution < -0.4 is 10.1 Å².